The molecule has 3 N–H and O–H groups in total. The summed E-state index contributed by atoms with van der Waals surface area (Å²) in [5.41, 5.74) is 7.00. The maximum absolute atomic E-state index is 11.9. The molecule has 0 atom stereocenters. The van der Waals surface area contributed by atoms with Crippen LogP contribution in [-0.2, 0) is 9.53 Å². The molecule has 0 aliphatic heterocycles. The van der Waals surface area contributed by atoms with Crippen LogP contribution in [0.1, 0.15) is 12.0 Å². The van der Waals surface area contributed by atoms with Crippen LogP contribution in [0.5, 0.6) is 0 Å². The van der Waals surface area contributed by atoms with Crippen LogP contribution in [0.4, 0.5) is 5.69 Å². The van der Waals surface area contributed by atoms with Gasteiger partial charge in [0.05, 0.1) is 6.54 Å². The van der Waals surface area contributed by atoms with Crippen molar-refractivity contribution in [2.24, 2.45) is 5.73 Å². The first-order valence-corrected chi connectivity index (χ1v) is 6.81. The topological polar surface area (TPSA) is 67.6 Å². The minimum Gasteiger partial charge on any atom is -0.389 e. The van der Waals surface area contributed by atoms with Crippen molar-refractivity contribution in [3.63, 3.8) is 0 Å². The molecule has 20 heavy (non-hydrogen) atoms. The average Bonchev–Trinajstić information content (AvgIpc) is 2.39. The first kappa shape index (κ1) is 16.6. The average molecular weight is 295 g/mol. The van der Waals surface area contributed by atoms with E-state index in [0.717, 1.165) is 18.5 Å². The lowest BCUT2D eigenvalue weighted by molar-refractivity contribution is -0.117. The van der Waals surface area contributed by atoms with E-state index < -0.39 is 0 Å². The van der Waals surface area contributed by atoms with Gasteiger partial charge in [-0.15, -0.1) is 0 Å². The standard InChI is InChI=1S/C14H21N3O2S/c1-17(7-4-8-19-2)10-13(18)16-12-6-3-5-11(9-12)14(15)20/h3,5-6,9H,4,7-8,10H2,1-2H3,(H2,15,20)(H,16,18). The summed E-state index contributed by atoms with van der Waals surface area (Å²) in [6.07, 6.45) is 0.900. The highest BCUT2D eigenvalue weighted by Crippen LogP contribution is 2.10. The Morgan fingerprint density at radius 3 is 2.90 bits per heavy atom. The van der Waals surface area contributed by atoms with E-state index in [1.165, 1.54) is 0 Å². The summed E-state index contributed by atoms with van der Waals surface area (Å²) in [7, 11) is 3.57. The number of ether oxygens (including phenoxy) is 1. The summed E-state index contributed by atoms with van der Waals surface area (Å²) in [5.74, 6) is -0.0648. The first-order chi connectivity index (χ1) is 9.52. The maximum Gasteiger partial charge on any atom is 0.238 e. The van der Waals surface area contributed by atoms with Gasteiger partial charge in [-0.2, -0.15) is 0 Å². The lowest BCUT2D eigenvalue weighted by Crippen LogP contribution is -2.31. The Labute approximate surface area is 125 Å². The van der Waals surface area contributed by atoms with Crippen molar-refractivity contribution >= 4 is 28.8 Å². The van der Waals surface area contributed by atoms with E-state index in [-0.39, 0.29) is 5.91 Å². The van der Waals surface area contributed by atoms with E-state index in [4.69, 9.17) is 22.7 Å². The summed E-state index contributed by atoms with van der Waals surface area (Å²) < 4.78 is 4.98. The third-order valence-corrected chi connectivity index (χ3v) is 2.97. The molecule has 0 fully saturated rings. The molecule has 1 aromatic rings. The molecule has 0 aliphatic carbocycles. The van der Waals surface area contributed by atoms with Gasteiger partial charge < -0.3 is 15.8 Å². The van der Waals surface area contributed by atoms with Gasteiger partial charge in [0.15, 0.2) is 0 Å². The number of nitrogens with two attached hydrogens (primary N) is 1. The molecule has 0 aromatic heterocycles. The van der Waals surface area contributed by atoms with Crippen molar-refractivity contribution in [1.29, 1.82) is 0 Å². The van der Waals surface area contributed by atoms with E-state index in [2.05, 4.69) is 5.32 Å². The zero-order valence-corrected chi connectivity index (χ0v) is 12.7. The van der Waals surface area contributed by atoms with E-state index in [0.29, 0.717) is 23.8 Å². The molecule has 1 amide bonds. The van der Waals surface area contributed by atoms with Crippen LogP contribution in [0.3, 0.4) is 0 Å². The molecule has 0 heterocycles. The fraction of sp³-hybridized carbons (Fsp3) is 0.429. The minimum absolute atomic E-state index is 0.0648. The minimum atomic E-state index is -0.0648. The van der Waals surface area contributed by atoms with Crippen molar-refractivity contribution in [3.8, 4) is 0 Å². The third-order valence-electron chi connectivity index (χ3n) is 2.73. The van der Waals surface area contributed by atoms with Crippen LogP contribution in [0.25, 0.3) is 0 Å². The second-order valence-corrected chi connectivity index (χ2v) is 5.02. The Kier molecular flexibility index (Phi) is 7.14. The van der Waals surface area contributed by atoms with Crippen LogP contribution in [0.15, 0.2) is 24.3 Å². The molecule has 0 radical (unpaired) electrons. The number of benzene rings is 1. The molecule has 6 heteroatoms. The molecule has 0 unspecified atom stereocenters. The molecule has 0 saturated heterocycles. The van der Waals surface area contributed by atoms with Gasteiger partial charge in [-0.05, 0) is 25.6 Å². The van der Waals surface area contributed by atoms with Crippen LogP contribution in [0.2, 0.25) is 0 Å². The van der Waals surface area contributed by atoms with E-state index in [1.54, 1.807) is 13.2 Å². The van der Waals surface area contributed by atoms with Crippen LogP contribution in [-0.4, -0.2) is 49.6 Å². The number of nitrogens with one attached hydrogen (secondary N) is 1. The summed E-state index contributed by atoms with van der Waals surface area (Å²) >= 11 is 4.91. The third kappa shape index (κ3) is 6.10. The molecule has 5 nitrogen and oxygen atoms in total. The van der Waals surface area contributed by atoms with Gasteiger partial charge in [-0.1, -0.05) is 24.4 Å². The molecule has 0 bridgehead atoms. The fourth-order valence-corrected chi connectivity index (χ4v) is 1.88. The number of carbonyl (C=O) groups is 1. The highest BCUT2D eigenvalue weighted by molar-refractivity contribution is 7.80. The zero-order chi connectivity index (χ0) is 15.0. The normalized spacial score (nSPS) is 10.6. The monoisotopic (exact) mass is 295 g/mol. The van der Waals surface area contributed by atoms with Gasteiger partial charge in [-0.3, -0.25) is 9.69 Å². The highest BCUT2D eigenvalue weighted by atomic mass is 32.1. The summed E-state index contributed by atoms with van der Waals surface area (Å²) in [4.78, 5) is 14.2. The van der Waals surface area contributed by atoms with Crippen molar-refractivity contribution < 1.29 is 9.53 Å². The van der Waals surface area contributed by atoms with Gasteiger partial charge in [0.1, 0.15) is 4.99 Å². The molecule has 0 aliphatic rings. The van der Waals surface area contributed by atoms with Crippen LogP contribution < -0.4 is 11.1 Å². The van der Waals surface area contributed by atoms with Crippen LogP contribution in [0, 0.1) is 0 Å². The second kappa shape index (κ2) is 8.63. The second-order valence-electron chi connectivity index (χ2n) is 4.58. The summed E-state index contributed by atoms with van der Waals surface area (Å²) in [6, 6.07) is 7.21. The smallest absolute Gasteiger partial charge is 0.238 e. The number of methoxy groups -OCH3 is 1. The maximum atomic E-state index is 11.9. The Morgan fingerprint density at radius 1 is 1.50 bits per heavy atom. The Morgan fingerprint density at radius 2 is 2.25 bits per heavy atom. The zero-order valence-electron chi connectivity index (χ0n) is 11.9. The number of hydrogen-bond acceptors (Lipinski definition) is 4. The Bertz CT molecular complexity index is 465. The van der Waals surface area contributed by atoms with Crippen molar-refractivity contribution in [1.82, 2.24) is 4.90 Å². The Hall–Kier alpha value is -1.50. The lowest BCUT2D eigenvalue weighted by atomic mass is 10.2. The quantitative estimate of drug-likeness (QED) is 0.558. The number of anilines is 1. The number of nitrogens with zero attached hydrogens (tertiary/aromatic N) is 1. The van der Waals surface area contributed by atoms with Gasteiger partial charge in [0, 0.05) is 31.5 Å². The molecular formula is C14H21N3O2S. The van der Waals surface area contributed by atoms with Crippen LogP contribution >= 0.6 is 12.2 Å². The van der Waals surface area contributed by atoms with Gasteiger partial charge in [-0.25, -0.2) is 0 Å². The lowest BCUT2D eigenvalue weighted by Gasteiger charge is -2.16. The number of rotatable bonds is 8. The van der Waals surface area contributed by atoms with Crippen molar-refractivity contribution in [2.45, 2.75) is 6.42 Å². The SMILES string of the molecule is COCCCN(C)CC(=O)Nc1cccc(C(N)=S)c1. The predicted octanol–water partition coefficient (Wildman–Crippen LogP) is 1.23. The van der Waals surface area contributed by atoms with Gasteiger partial charge in [0.2, 0.25) is 5.91 Å². The first-order valence-electron chi connectivity index (χ1n) is 6.40. The van der Waals surface area contributed by atoms with E-state index in [1.807, 2.05) is 30.1 Å². The van der Waals surface area contributed by atoms with Gasteiger partial charge in [0.25, 0.3) is 0 Å². The summed E-state index contributed by atoms with van der Waals surface area (Å²) in [5, 5.41) is 2.83. The molecule has 0 saturated carbocycles. The van der Waals surface area contributed by atoms with E-state index in [9.17, 15) is 4.79 Å². The molecule has 1 rings (SSSR count). The summed E-state index contributed by atoms with van der Waals surface area (Å²) in [6.45, 7) is 1.84. The molecule has 1 aromatic carbocycles. The number of amides is 1. The van der Waals surface area contributed by atoms with Crippen molar-refractivity contribution in [3.05, 3.63) is 29.8 Å². The largest absolute Gasteiger partial charge is 0.389 e. The molecule has 0 spiro atoms. The van der Waals surface area contributed by atoms with Gasteiger partial charge >= 0.3 is 0 Å². The molecular weight excluding hydrogens is 274 g/mol. The fourth-order valence-electron chi connectivity index (χ4n) is 1.75. The number of likely N-dealkylation sites (N-methyl/N-ethyl adjacent to an activating group) is 1. The van der Waals surface area contributed by atoms with Crippen molar-refractivity contribution in [2.75, 3.05) is 39.2 Å². The number of thiocarbonyl (C=S) groups is 1. The van der Waals surface area contributed by atoms with E-state index >= 15 is 0 Å². The molecule has 110 valence electrons. The Balaban J connectivity index is 2.45. The number of hydrogen-bond donors (Lipinski definition) is 2. The predicted molar refractivity (Wildman–Crippen MR) is 84.9 cm³/mol. The highest BCUT2D eigenvalue weighted by Gasteiger charge is 2.07. The number of carbonyl (C=O) groups excluding carboxylic acids is 1.